The molecule has 0 spiro atoms. The molecule has 0 unspecified atom stereocenters. The summed E-state index contributed by atoms with van der Waals surface area (Å²) in [7, 11) is -3.66. The van der Waals surface area contributed by atoms with Crippen LogP contribution >= 0.6 is 0 Å². The van der Waals surface area contributed by atoms with Crippen molar-refractivity contribution < 1.29 is 22.0 Å². The lowest BCUT2D eigenvalue weighted by Gasteiger charge is -2.02. The summed E-state index contributed by atoms with van der Waals surface area (Å²) in [6.07, 6.45) is 4.29. The lowest BCUT2D eigenvalue weighted by Crippen LogP contribution is -2.23. The maximum absolute atomic E-state index is 12.3. The van der Waals surface area contributed by atoms with Crippen LogP contribution in [0.3, 0.4) is 0 Å². The monoisotopic (exact) mass is 403 g/mol. The van der Waals surface area contributed by atoms with Crippen molar-refractivity contribution in [2.45, 2.75) is 36.7 Å². The topological polar surface area (TPSA) is 115 Å². The third-order valence-corrected chi connectivity index (χ3v) is 5.42. The molecule has 0 saturated heterocycles. The highest BCUT2D eigenvalue weighted by atomic mass is 32.2. The van der Waals surface area contributed by atoms with Gasteiger partial charge >= 0.3 is 5.22 Å². The van der Waals surface area contributed by atoms with Gasteiger partial charge in [0.2, 0.25) is 15.7 Å². The predicted octanol–water partition coefficient (Wildman–Crippen LogP) is 2.78. The number of rotatable bonds is 10. The minimum atomic E-state index is -3.66. The number of carbonyl (C=O) groups excluding carboxylic acids is 1. The second-order valence-corrected chi connectivity index (χ2v) is 8.12. The number of nitrogens with one attached hydrogen (secondary N) is 1. The van der Waals surface area contributed by atoms with E-state index in [1.54, 1.807) is 36.4 Å². The molecule has 1 amide bonds. The molecule has 1 aromatic carbocycles. The first-order chi connectivity index (χ1) is 13.5. The van der Waals surface area contributed by atoms with Gasteiger partial charge in [-0.15, -0.1) is 5.10 Å². The molecule has 3 aromatic rings. The van der Waals surface area contributed by atoms with Crippen molar-refractivity contribution in [3.05, 3.63) is 65.9 Å². The van der Waals surface area contributed by atoms with Crippen LogP contribution in [0.1, 0.15) is 41.3 Å². The molecule has 1 N–H and O–H groups in total. The van der Waals surface area contributed by atoms with Gasteiger partial charge in [0.1, 0.15) is 0 Å². The lowest BCUT2D eigenvalue weighted by atomic mass is 10.2. The lowest BCUT2D eigenvalue weighted by molar-refractivity contribution is 0.0925. The summed E-state index contributed by atoms with van der Waals surface area (Å²) in [4.78, 5) is 11.7. The van der Waals surface area contributed by atoms with Crippen LogP contribution in [-0.4, -0.2) is 31.1 Å². The quantitative estimate of drug-likeness (QED) is 0.518. The Morgan fingerprint density at radius 2 is 1.82 bits per heavy atom. The van der Waals surface area contributed by atoms with Crippen molar-refractivity contribution >= 4 is 15.7 Å². The van der Waals surface area contributed by atoms with E-state index in [4.69, 9.17) is 8.83 Å². The summed E-state index contributed by atoms with van der Waals surface area (Å²) in [6.45, 7) is 0.528. The van der Waals surface area contributed by atoms with Gasteiger partial charge in [0.15, 0.2) is 5.76 Å². The standard InChI is InChI=1S/C19H21N3O5S/c23-18(16-10-7-13-26-16)20-12-6-2-5-11-17-21-22-19(27-17)28(24,25)14-15-8-3-1-4-9-15/h1,3-4,7-10,13H,2,5-6,11-12,14H2,(H,20,23). The number of aryl methyl sites for hydroxylation is 1. The van der Waals surface area contributed by atoms with Crippen LogP contribution in [0.15, 0.2) is 62.8 Å². The molecule has 0 aliphatic rings. The van der Waals surface area contributed by atoms with E-state index in [2.05, 4.69) is 15.5 Å². The van der Waals surface area contributed by atoms with Crippen LogP contribution < -0.4 is 5.32 Å². The van der Waals surface area contributed by atoms with Gasteiger partial charge in [0, 0.05) is 13.0 Å². The molecular weight excluding hydrogens is 382 g/mol. The number of aromatic nitrogens is 2. The highest BCUT2D eigenvalue weighted by molar-refractivity contribution is 7.90. The molecule has 0 aliphatic carbocycles. The van der Waals surface area contributed by atoms with E-state index in [0.717, 1.165) is 19.3 Å². The number of hydrogen-bond donors (Lipinski definition) is 1. The fourth-order valence-corrected chi connectivity index (χ4v) is 3.74. The zero-order valence-electron chi connectivity index (χ0n) is 15.2. The average molecular weight is 403 g/mol. The maximum Gasteiger partial charge on any atom is 0.335 e. The molecular formula is C19H21N3O5S. The molecule has 2 heterocycles. The molecule has 0 bridgehead atoms. The zero-order chi connectivity index (χ0) is 19.8. The number of benzene rings is 1. The number of hydrogen-bond acceptors (Lipinski definition) is 7. The van der Waals surface area contributed by atoms with Crippen molar-refractivity contribution in [1.29, 1.82) is 0 Å². The van der Waals surface area contributed by atoms with Crippen molar-refractivity contribution in [3.8, 4) is 0 Å². The number of amides is 1. The summed E-state index contributed by atoms with van der Waals surface area (Å²) in [5.41, 5.74) is 0.666. The van der Waals surface area contributed by atoms with Crippen LogP contribution in [0.2, 0.25) is 0 Å². The maximum atomic E-state index is 12.3. The molecule has 0 aliphatic heterocycles. The van der Waals surface area contributed by atoms with Crippen LogP contribution in [0.4, 0.5) is 0 Å². The third-order valence-electron chi connectivity index (χ3n) is 4.01. The van der Waals surface area contributed by atoms with Crippen LogP contribution in [-0.2, 0) is 22.0 Å². The number of carbonyl (C=O) groups is 1. The van der Waals surface area contributed by atoms with Gasteiger partial charge in [-0.25, -0.2) is 8.42 Å². The summed E-state index contributed by atoms with van der Waals surface area (Å²) in [6, 6.07) is 12.1. The van der Waals surface area contributed by atoms with E-state index in [-0.39, 0.29) is 22.6 Å². The van der Waals surface area contributed by atoms with Gasteiger partial charge in [-0.2, -0.15) is 0 Å². The van der Waals surface area contributed by atoms with E-state index in [1.807, 2.05) is 6.07 Å². The highest BCUT2D eigenvalue weighted by Gasteiger charge is 2.22. The summed E-state index contributed by atoms with van der Waals surface area (Å²) in [5, 5.41) is 9.92. The molecule has 0 fully saturated rings. The molecule has 0 radical (unpaired) electrons. The van der Waals surface area contributed by atoms with Crippen LogP contribution in [0.5, 0.6) is 0 Å². The second-order valence-electron chi connectivity index (χ2n) is 6.25. The number of sulfone groups is 1. The van der Waals surface area contributed by atoms with Crippen molar-refractivity contribution in [2.75, 3.05) is 6.54 Å². The molecule has 8 nitrogen and oxygen atoms in total. The predicted molar refractivity (Wildman–Crippen MR) is 100 cm³/mol. The Hall–Kier alpha value is -2.94. The molecule has 0 saturated carbocycles. The first-order valence-corrected chi connectivity index (χ1v) is 10.6. The van der Waals surface area contributed by atoms with E-state index in [0.29, 0.717) is 24.4 Å². The van der Waals surface area contributed by atoms with Gasteiger partial charge < -0.3 is 14.2 Å². The van der Waals surface area contributed by atoms with E-state index in [9.17, 15) is 13.2 Å². The van der Waals surface area contributed by atoms with Gasteiger partial charge in [-0.3, -0.25) is 4.79 Å². The van der Waals surface area contributed by atoms with E-state index < -0.39 is 9.84 Å². The molecule has 3 rings (SSSR count). The Morgan fingerprint density at radius 1 is 1.00 bits per heavy atom. The van der Waals surface area contributed by atoms with Crippen molar-refractivity contribution in [3.63, 3.8) is 0 Å². The Morgan fingerprint density at radius 3 is 2.57 bits per heavy atom. The summed E-state index contributed by atoms with van der Waals surface area (Å²) >= 11 is 0. The first kappa shape index (κ1) is 19.8. The molecule has 0 atom stereocenters. The number of furan rings is 1. The highest BCUT2D eigenvalue weighted by Crippen LogP contribution is 2.16. The Balaban J connectivity index is 1.39. The molecule has 28 heavy (non-hydrogen) atoms. The largest absolute Gasteiger partial charge is 0.459 e. The minimum absolute atomic E-state index is 0.176. The molecule has 2 aromatic heterocycles. The second kappa shape index (κ2) is 9.32. The summed E-state index contributed by atoms with van der Waals surface area (Å²) in [5.74, 6) is 0.168. The van der Waals surface area contributed by atoms with E-state index in [1.165, 1.54) is 6.26 Å². The third kappa shape index (κ3) is 5.53. The van der Waals surface area contributed by atoms with Gasteiger partial charge in [-0.05, 0) is 30.5 Å². The Bertz CT molecular complexity index is 982. The normalized spacial score (nSPS) is 11.4. The average Bonchev–Trinajstić information content (AvgIpc) is 3.37. The van der Waals surface area contributed by atoms with E-state index >= 15 is 0 Å². The van der Waals surface area contributed by atoms with Gasteiger partial charge in [0.25, 0.3) is 5.91 Å². The van der Waals surface area contributed by atoms with Crippen molar-refractivity contribution in [2.24, 2.45) is 0 Å². The van der Waals surface area contributed by atoms with Crippen LogP contribution in [0, 0.1) is 0 Å². The molecule has 148 valence electrons. The fourth-order valence-electron chi connectivity index (χ4n) is 2.60. The van der Waals surface area contributed by atoms with Crippen LogP contribution in [0.25, 0.3) is 0 Å². The number of nitrogens with zero attached hydrogens (tertiary/aromatic N) is 2. The first-order valence-electron chi connectivity index (χ1n) is 8.95. The Labute approximate surface area is 162 Å². The zero-order valence-corrected chi connectivity index (χ0v) is 16.0. The molecule has 9 heteroatoms. The van der Waals surface area contributed by atoms with Gasteiger partial charge in [-0.1, -0.05) is 41.9 Å². The minimum Gasteiger partial charge on any atom is -0.459 e. The fraction of sp³-hybridized carbons (Fsp3) is 0.316. The van der Waals surface area contributed by atoms with Crippen molar-refractivity contribution in [1.82, 2.24) is 15.5 Å². The smallest absolute Gasteiger partial charge is 0.335 e. The number of unbranched alkanes of at least 4 members (excludes halogenated alkanes) is 2. The van der Waals surface area contributed by atoms with Gasteiger partial charge in [0.05, 0.1) is 12.0 Å². The Kier molecular flexibility index (Phi) is 6.59. The summed E-state index contributed by atoms with van der Waals surface area (Å²) < 4.78 is 35.0. The SMILES string of the molecule is O=C(NCCCCCc1nnc(S(=O)(=O)Cc2ccccc2)o1)c1ccco1.